The highest BCUT2D eigenvalue weighted by atomic mass is 19.1. The second-order valence-corrected chi connectivity index (χ2v) is 5.74. The van der Waals surface area contributed by atoms with E-state index in [9.17, 15) is 9.18 Å². The van der Waals surface area contributed by atoms with Crippen molar-refractivity contribution < 1.29 is 13.9 Å². The first-order chi connectivity index (χ1) is 11.5. The van der Waals surface area contributed by atoms with Crippen LogP contribution in [0.3, 0.4) is 0 Å². The van der Waals surface area contributed by atoms with Crippen molar-refractivity contribution in [2.24, 2.45) is 0 Å². The third-order valence-corrected chi connectivity index (χ3v) is 3.87. The van der Waals surface area contributed by atoms with Gasteiger partial charge >= 0.3 is 6.03 Å². The van der Waals surface area contributed by atoms with Crippen LogP contribution in [-0.4, -0.2) is 19.2 Å². The summed E-state index contributed by atoms with van der Waals surface area (Å²) in [5.41, 5.74) is 4.23. The molecule has 2 amide bonds. The molecule has 128 valence electrons. The lowest BCUT2D eigenvalue weighted by Gasteiger charge is -2.14. The number of aryl methyl sites for hydroxylation is 2. The number of amides is 2. The topological polar surface area (TPSA) is 50.4 Å². The van der Waals surface area contributed by atoms with Crippen LogP contribution in [0.4, 0.5) is 9.18 Å². The number of ether oxygens (including phenoxy) is 1. The number of halogens is 1. The number of hydrogen-bond donors (Lipinski definition) is 2. The van der Waals surface area contributed by atoms with Gasteiger partial charge in [-0.05, 0) is 55.2 Å². The minimum atomic E-state index is -0.290. The van der Waals surface area contributed by atoms with Crippen LogP contribution in [0.5, 0.6) is 5.75 Å². The molecule has 2 aromatic carbocycles. The first-order valence-electron chi connectivity index (χ1n) is 7.93. The number of carbonyl (C=O) groups is 1. The van der Waals surface area contributed by atoms with Gasteiger partial charge in [0.15, 0.2) is 0 Å². The maximum atomic E-state index is 12.8. The van der Waals surface area contributed by atoms with Crippen LogP contribution in [0.15, 0.2) is 36.4 Å². The number of hydrogen-bond acceptors (Lipinski definition) is 2. The average molecular weight is 330 g/mol. The molecule has 0 bridgehead atoms. The van der Waals surface area contributed by atoms with Crippen LogP contribution in [0, 0.1) is 26.6 Å². The van der Waals surface area contributed by atoms with Crippen molar-refractivity contribution in [1.29, 1.82) is 0 Å². The Morgan fingerprint density at radius 3 is 2.38 bits per heavy atom. The number of nitrogens with one attached hydrogen (secondary N) is 2. The fourth-order valence-electron chi connectivity index (χ4n) is 2.31. The van der Waals surface area contributed by atoms with E-state index in [0.717, 1.165) is 22.4 Å². The van der Waals surface area contributed by atoms with E-state index >= 15 is 0 Å². The summed E-state index contributed by atoms with van der Waals surface area (Å²) in [6.45, 7) is 7.23. The van der Waals surface area contributed by atoms with Crippen molar-refractivity contribution in [3.8, 4) is 5.75 Å². The first kappa shape index (κ1) is 17.8. The van der Waals surface area contributed by atoms with Crippen LogP contribution in [-0.2, 0) is 6.54 Å². The van der Waals surface area contributed by atoms with Crippen molar-refractivity contribution in [2.75, 3.05) is 13.2 Å². The van der Waals surface area contributed by atoms with Gasteiger partial charge in [0.25, 0.3) is 0 Å². The normalized spacial score (nSPS) is 10.3. The molecule has 0 saturated carbocycles. The van der Waals surface area contributed by atoms with Gasteiger partial charge in [-0.15, -0.1) is 0 Å². The lowest BCUT2D eigenvalue weighted by Crippen LogP contribution is -2.37. The van der Waals surface area contributed by atoms with E-state index in [-0.39, 0.29) is 11.8 Å². The molecule has 4 nitrogen and oxygen atoms in total. The fraction of sp³-hybridized carbons (Fsp3) is 0.316. The summed E-state index contributed by atoms with van der Waals surface area (Å²) in [6, 6.07) is 9.84. The zero-order chi connectivity index (χ0) is 17.5. The molecule has 0 aliphatic carbocycles. The van der Waals surface area contributed by atoms with E-state index in [0.29, 0.717) is 19.7 Å². The van der Waals surface area contributed by atoms with Crippen LogP contribution < -0.4 is 15.4 Å². The molecule has 24 heavy (non-hydrogen) atoms. The second-order valence-electron chi connectivity index (χ2n) is 5.74. The van der Waals surface area contributed by atoms with Crippen molar-refractivity contribution in [2.45, 2.75) is 27.3 Å². The molecule has 0 aliphatic heterocycles. The van der Waals surface area contributed by atoms with Gasteiger partial charge in [-0.3, -0.25) is 0 Å². The van der Waals surface area contributed by atoms with Crippen LogP contribution in [0.25, 0.3) is 0 Å². The van der Waals surface area contributed by atoms with Gasteiger partial charge < -0.3 is 15.4 Å². The molecule has 0 unspecified atom stereocenters. The second kappa shape index (κ2) is 8.34. The van der Waals surface area contributed by atoms with E-state index in [1.165, 1.54) is 17.7 Å². The summed E-state index contributed by atoms with van der Waals surface area (Å²) in [5.74, 6) is 0.589. The quantitative estimate of drug-likeness (QED) is 0.795. The van der Waals surface area contributed by atoms with Gasteiger partial charge in [0.1, 0.15) is 18.2 Å². The van der Waals surface area contributed by atoms with Crippen molar-refractivity contribution in [1.82, 2.24) is 10.6 Å². The van der Waals surface area contributed by atoms with Gasteiger partial charge in [0, 0.05) is 6.54 Å². The van der Waals surface area contributed by atoms with E-state index < -0.39 is 0 Å². The standard InChI is InChI=1S/C19H23FN2O2/c1-13-4-5-14(2)18(15(13)3)24-11-10-21-19(23)22-12-16-6-8-17(20)9-7-16/h4-9H,10-12H2,1-3H3,(H2,21,22,23). The molecule has 0 heterocycles. The van der Waals surface area contributed by atoms with E-state index in [1.54, 1.807) is 12.1 Å². The van der Waals surface area contributed by atoms with Gasteiger partial charge in [0.2, 0.25) is 0 Å². The van der Waals surface area contributed by atoms with Crippen molar-refractivity contribution in [3.63, 3.8) is 0 Å². The molecule has 2 aromatic rings. The van der Waals surface area contributed by atoms with Gasteiger partial charge in [-0.25, -0.2) is 9.18 Å². The van der Waals surface area contributed by atoms with Crippen LogP contribution >= 0.6 is 0 Å². The average Bonchev–Trinajstić information content (AvgIpc) is 2.57. The lowest BCUT2D eigenvalue weighted by molar-refractivity contribution is 0.236. The molecule has 0 radical (unpaired) electrons. The van der Waals surface area contributed by atoms with E-state index in [1.807, 2.05) is 26.8 Å². The largest absolute Gasteiger partial charge is 0.491 e. The Bertz CT molecular complexity index is 699. The summed E-state index contributed by atoms with van der Waals surface area (Å²) in [5, 5.41) is 5.46. The smallest absolute Gasteiger partial charge is 0.315 e. The molecule has 2 rings (SSSR count). The van der Waals surface area contributed by atoms with Crippen molar-refractivity contribution >= 4 is 6.03 Å². The fourth-order valence-corrected chi connectivity index (χ4v) is 2.31. The molecule has 0 atom stereocenters. The van der Waals surface area contributed by atoms with E-state index in [4.69, 9.17) is 4.74 Å². The first-order valence-corrected chi connectivity index (χ1v) is 7.93. The zero-order valence-electron chi connectivity index (χ0n) is 14.3. The zero-order valence-corrected chi connectivity index (χ0v) is 14.3. The molecular formula is C19H23FN2O2. The number of urea groups is 1. The summed E-state index contributed by atoms with van der Waals surface area (Å²) in [6.07, 6.45) is 0. The lowest BCUT2D eigenvalue weighted by atomic mass is 10.1. The van der Waals surface area contributed by atoms with E-state index in [2.05, 4.69) is 16.7 Å². The molecule has 0 saturated heterocycles. The minimum absolute atomic E-state index is 0.277. The maximum absolute atomic E-state index is 12.8. The summed E-state index contributed by atoms with van der Waals surface area (Å²) < 4.78 is 18.6. The molecule has 0 aliphatic rings. The summed E-state index contributed by atoms with van der Waals surface area (Å²) in [7, 11) is 0. The van der Waals surface area contributed by atoms with Crippen LogP contribution in [0.2, 0.25) is 0 Å². The highest BCUT2D eigenvalue weighted by Gasteiger charge is 2.06. The monoisotopic (exact) mass is 330 g/mol. The van der Waals surface area contributed by atoms with Gasteiger partial charge in [-0.1, -0.05) is 24.3 Å². The Hall–Kier alpha value is -2.56. The highest BCUT2D eigenvalue weighted by molar-refractivity contribution is 5.73. The number of benzene rings is 2. The van der Waals surface area contributed by atoms with Crippen molar-refractivity contribution in [3.05, 3.63) is 64.5 Å². The molecule has 2 N–H and O–H groups in total. The Morgan fingerprint density at radius 1 is 1.00 bits per heavy atom. The van der Waals surface area contributed by atoms with Crippen LogP contribution in [0.1, 0.15) is 22.3 Å². The molecule has 0 spiro atoms. The summed E-state index contributed by atoms with van der Waals surface area (Å²) >= 11 is 0. The van der Waals surface area contributed by atoms with Gasteiger partial charge in [0.05, 0.1) is 6.54 Å². The molecule has 5 heteroatoms. The Kier molecular flexibility index (Phi) is 6.18. The minimum Gasteiger partial charge on any atom is -0.491 e. The third-order valence-electron chi connectivity index (χ3n) is 3.87. The maximum Gasteiger partial charge on any atom is 0.315 e. The SMILES string of the molecule is Cc1ccc(C)c(OCCNC(=O)NCc2ccc(F)cc2)c1C. The Labute approximate surface area is 142 Å². The highest BCUT2D eigenvalue weighted by Crippen LogP contribution is 2.25. The number of rotatable bonds is 6. The molecule has 0 aromatic heterocycles. The van der Waals surface area contributed by atoms with Gasteiger partial charge in [-0.2, -0.15) is 0 Å². The summed E-state index contributed by atoms with van der Waals surface area (Å²) in [4.78, 5) is 11.7. The predicted molar refractivity (Wildman–Crippen MR) is 92.8 cm³/mol. The third kappa shape index (κ3) is 4.98. The Balaban J connectivity index is 1.71. The Morgan fingerprint density at radius 2 is 1.67 bits per heavy atom. The molecule has 0 fully saturated rings. The predicted octanol–water partition coefficient (Wildman–Crippen LogP) is 3.63. The number of carbonyl (C=O) groups excluding carboxylic acids is 1. The molecular weight excluding hydrogens is 307 g/mol.